The quantitative estimate of drug-likeness (QED) is 0.856. The Morgan fingerprint density at radius 1 is 1.26 bits per heavy atom. The van der Waals surface area contributed by atoms with E-state index in [0.717, 1.165) is 42.1 Å². The second-order valence-corrected chi connectivity index (χ2v) is 7.39. The van der Waals surface area contributed by atoms with E-state index in [1.165, 1.54) is 12.0 Å². The molecule has 0 saturated carbocycles. The van der Waals surface area contributed by atoms with Crippen LogP contribution in [0.3, 0.4) is 0 Å². The zero-order chi connectivity index (χ0) is 18.8. The molecular formula is C22H27N3O2. The van der Waals surface area contributed by atoms with Crippen molar-refractivity contribution in [1.29, 1.82) is 0 Å². The SMILES string of the molecule is COc1cc2c(cc1CNC1CCCNC1c1ccccc1)CC(=O)N2C. The number of nitrogens with one attached hydrogen (secondary N) is 2. The lowest BCUT2D eigenvalue weighted by Gasteiger charge is -2.34. The van der Waals surface area contributed by atoms with Gasteiger partial charge in [-0.15, -0.1) is 0 Å². The van der Waals surface area contributed by atoms with E-state index in [-0.39, 0.29) is 5.91 Å². The fourth-order valence-electron chi connectivity index (χ4n) is 4.22. The molecule has 2 heterocycles. The van der Waals surface area contributed by atoms with Crippen molar-refractivity contribution in [2.45, 2.75) is 37.9 Å². The summed E-state index contributed by atoms with van der Waals surface area (Å²) in [4.78, 5) is 13.7. The number of methoxy groups -OCH3 is 1. The molecule has 2 unspecified atom stereocenters. The van der Waals surface area contributed by atoms with Crippen LogP contribution in [0.1, 0.15) is 35.6 Å². The van der Waals surface area contributed by atoms with Crippen molar-refractivity contribution in [2.75, 3.05) is 25.6 Å². The van der Waals surface area contributed by atoms with Gasteiger partial charge >= 0.3 is 0 Å². The first kappa shape index (κ1) is 18.0. The Hall–Kier alpha value is -2.37. The standard InChI is InChI=1S/C22H27N3O2/c1-25-19-13-20(27-2)17(11-16(19)12-21(25)26)14-24-18-9-6-10-23-22(18)15-7-4-3-5-8-15/h3-5,7-8,11,13,18,22-24H,6,9-10,12,14H2,1-2H3. The van der Waals surface area contributed by atoms with Crippen LogP contribution in [0.15, 0.2) is 42.5 Å². The maximum Gasteiger partial charge on any atom is 0.231 e. The number of benzene rings is 2. The van der Waals surface area contributed by atoms with Crippen LogP contribution < -0.4 is 20.3 Å². The van der Waals surface area contributed by atoms with Crippen LogP contribution in [0.4, 0.5) is 5.69 Å². The summed E-state index contributed by atoms with van der Waals surface area (Å²) < 4.78 is 5.61. The molecule has 0 radical (unpaired) electrons. The molecular weight excluding hydrogens is 338 g/mol. The molecule has 5 nitrogen and oxygen atoms in total. The second-order valence-electron chi connectivity index (χ2n) is 7.39. The van der Waals surface area contributed by atoms with Crippen LogP contribution >= 0.6 is 0 Å². The van der Waals surface area contributed by atoms with Crippen LogP contribution in [-0.4, -0.2) is 32.7 Å². The molecule has 2 aliphatic heterocycles. The maximum atomic E-state index is 12.0. The van der Waals surface area contributed by atoms with E-state index in [0.29, 0.717) is 18.5 Å². The third-order valence-corrected chi connectivity index (χ3v) is 5.73. The molecule has 2 N–H and O–H groups in total. The van der Waals surface area contributed by atoms with Crippen molar-refractivity contribution in [3.05, 3.63) is 59.2 Å². The van der Waals surface area contributed by atoms with Gasteiger partial charge < -0.3 is 20.3 Å². The Labute approximate surface area is 160 Å². The van der Waals surface area contributed by atoms with Gasteiger partial charge in [-0.05, 0) is 36.6 Å². The first-order valence-electron chi connectivity index (χ1n) is 9.65. The molecule has 1 fully saturated rings. The first-order valence-corrected chi connectivity index (χ1v) is 9.65. The number of carbonyl (C=O) groups excluding carboxylic acids is 1. The maximum absolute atomic E-state index is 12.0. The molecule has 0 bridgehead atoms. The molecule has 2 aliphatic rings. The Kier molecular flexibility index (Phi) is 5.14. The largest absolute Gasteiger partial charge is 0.496 e. The number of amides is 1. The predicted octanol–water partition coefficient (Wildman–Crippen LogP) is 2.80. The third kappa shape index (κ3) is 3.57. The Bertz CT molecular complexity index is 822. The van der Waals surface area contributed by atoms with Gasteiger partial charge in [0.1, 0.15) is 5.75 Å². The van der Waals surface area contributed by atoms with Crippen LogP contribution in [0.2, 0.25) is 0 Å². The van der Waals surface area contributed by atoms with Crippen molar-refractivity contribution in [3.8, 4) is 5.75 Å². The normalized spacial score (nSPS) is 22.0. The molecule has 2 atom stereocenters. The highest BCUT2D eigenvalue weighted by Crippen LogP contribution is 2.34. The number of hydrogen-bond donors (Lipinski definition) is 2. The fourth-order valence-corrected chi connectivity index (χ4v) is 4.22. The van der Waals surface area contributed by atoms with Crippen molar-refractivity contribution < 1.29 is 9.53 Å². The number of fused-ring (bicyclic) bond motifs is 1. The summed E-state index contributed by atoms with van der Waals surface area (Å²) in [7, 11) is 3.51. The minimum Gasteiger partial charge on any atom is -0.496 e. The summed E-state index contributed by atoms with van der Waals surface area (Å²) in [5.74, 6) is 0.973. The number of ether oxygens (including phenoxy) is 1. The number of rotatable bonds is 5. The van der Waals surface area contributed by atoms with Gasteiger partial charge in [-0.3, -0.25) is 4.79 Å². The summed E-state index contributed by atoms with van der Waals surface area (Å²) in [6.07, 6.45) is 2.78. The van der Waals surface area contributed by atoms with E-state index < -0.39 is 0 Å². The van der Waals surface area contributed by atoms with Gasteiger partial charge in [-0.1, -0.05) is 30.3 Å². The van der Waals surface area contributed by atoms with Gasteiger partial charge in [0.05, 0.1) is 19.2 Å². The monoisotopic (exact) mass is 365 g/mol. The van der Waals surface area contributed by atoms with E-state index in [1.54, 1.807) is 12.0 Å². The molecule has 4 rings (SSSR count). The zero-order valence-electron chi connectivity index (χ0n) is 16.0. The van der Waals surface area contributed by atoms with Crippen LogP contribution in [0, 0.1) is 0 Å². The van der Waals surface area contributed by atoms with Gasteiger partial charge in [0.25, 0.3) is 0 Å². The predicted molar refractivity (Wildman–Crippen MR) is 107 cm³/mol. The number of anilines is 1. The van der Waals surface area contributed by atoms with Gasteiger partial charge in [-0.25, -0.2) is 0 Å². The fraction of sp³-hybridized carbons (Fsp3) is 0.409. The summed E-state index contributed by atoms with van der Waals surface area (Å²) in [5.41, 5.74) is 4.48. The lowest BCUT2D eigenvalue weighted by Crippen LogP contribution is -2.45. The van der Waals surface area contributed by atoms with E-state index in [9.17, 15) is 4.79 Å². The molecule has 142 valence electrons. The number of likely N-dealkylation sites (N-methyl/N-ethyl adjacent to an activating group) is 1. The average Bonchev–Trinajstić information content (AvgIpc) is 2.99. The lowest BCUT2D eigenvalue weighted by atomic mass is 9.92. The van der Waals surface area contributed by atoms with Crippen molar-refractivity contribution in [3.63, 3.8) is 0 Å². The van der Waals surface area contributed by atoms with Crippen molar-refractivity contribution in [2.24, 2.45) is 0 Å². The first-order chi connectivity index (χ1) is 13.2. The van der Waals surface area contributed by atoms with Gasteiger partial charge in [-0.2, -0.15) is 0 Å². The molecule has 27 heavy (non-hydrogen) atoms. The number of carbonyl (C=O) groups is 1. The second kappa shape index (κ2) is 7.71. The Morgan fingerprint density at radius 2 is 2.07 bits per heavy atom. The smallest absolute Gasteiger partial charge is 0.231 e. The summed E-state index contributed by atoms with van der Waals surface area (Å²) in [6.45, 7) is 1.78. The zero-order valence-corrected chi connectivity index (χ0v) is 16.0. The lowest BCUT2D eigenvalue weighted by molar-refractivity contribution is -0.117. The van der Waals surface area contributed by atoms with Gasteiger partial charge in [0.2, 0.25) is 5.91 Å². The molecule has 2 aromatic carbocycles. The Morgan fingerprint density at radius 3 is 2.85 bits per heavy atom. The van der Waals surface area contributed by atoms with Crippen molar-refractivity contribution in [1.82, 2.24) is 10.6 Å². The number of hydrogen-bond acceptors (Lipinski definition) is 4. The topological polar surface area (TPSA) is 53.6 Å². The van der Waals surface area contributed by atoms with E-state index in [1.807, 2.05) is 13.1 Å². The molecule has 0 spiro atoms. The number of nitrogens with zero attached hydrogens (tertiary/aromatic N) is 1. The minimum absolute atomic E-state index is 0.137. The van der Waals surface area contributed by atoms with E-state index in [4.69, 9.17) is 4.74 Å². The molecule has 5 heteroatoms. The average molecular weight is 365 g/mol. The van der Waals surface area contributed by atoms with Crippen LogP contribution in [-0.2, 0) is 17.8 Å². The molecule has 1 saturated heterocycles. The highest BCUT2D eigenvalue weighted by Gasteiger charge is 2.28. The van der Waals surface area contributed by atoms with E-state index in [2.05, 4.69) is 47.0 Å². The Balaban J connectivity index is 1.52. The third-order valence-electron chi connectivity index (χ3n) is 5.73. The highest BCUT2D eigenvalue weighted by atomic mass is 16.5. The molecule has 2 aromatic rings. The van der Waals surface area contributed by atoms with Gasteiger partial charge in [0.15, 0.2) is 0 Å². The van der Waals surface area contributed by atoms with Gasteiger partial charge in [0, 0.05) is 37.3 Å². The summed E-state index contributed by atoms with van der Waals surface area (Å²) in [5, 5.41) is 7.39. The highest BCUT2D eigenvalue weighted by molar-refractivity contribution is 6.01. The van der Waals surface area contributed by atoms with Crippen molar-refractivity contribution >= 4 is 11.6 Å². The summed E-state index contributed by atoms with van der Waals surface area (Å²) >= 11 is 0. The molecule has 0 aliphatic carbocycles. The van der Waals surface area contributed by atoms with Crippen LogP contribution in [0.5, 0.6) is 5.75 Å². The molecule has 1 amide bonds. The van der Waals surface area contributed by atoms with Crippen LogP contribution in [0.25, 0.3) is 0 Å². The number of piperidine rings is 1. The van der Waals surface area contributed by atoms with E-state index >= 15 is 0 Å². The summed E-state index contributed by atoms with van der Waals surface area (Å²) in [6, 6.07) is 15.4. The molecule has 0 aromatic heterocycles. The minimum atomic E-state index is 0.137.